The molecule has 2 aromatic carbocycles. The molecule has 0 N–H and O–H groups in total. The number of carbonyl (C=O) groups is 2. The van der Waals surface area contributed by atoms with E-state index < -0.39 is 35.2 Å². The van der Waals surface area contributed by atoms with Gasteiger partial charge in [-0.05, 0) is 42.7 Å². The molecule has 3 rings (SSSR count). The van der Waals surface area contributed by atoms with E-state index in [2.05, 4.69) is 0 Å². The van der Waals surface area contributed by atoms with Crippen LogP contribution in [0.4, 0.5) is 13.2 Å². The van der Waals surface area contributed by atoms with Crippen LogP contribution in [0.3, 0.4) is 0 Å². The Morgan fingerprint density at radius 1 is 1.03 bits per heavy atom. The van der Waals surface area contributed by atoms with E-state index >= 15 is 0 Å². The molecule has 1 fully saturated rings. The molecule has 1 unspecified atom stereocenters. The van der Waals surface area contributed by atoms with Gasteiger partial charge in [-0.15, -0.1) is 0 Å². The maximum atomic E-state index is 13.3. The third kappa shape index (κ3) is 4.41. The van der Waals surface area contributed by atoms with Gasteiger partial charge in [0.25, 0.3) is 0 Å². The summed E-state index contributed by atoms with van der Waals surface area (Å²) in [6, 6.07) is 13.2. The molecule has 32 heavy (non-hydrogen) atoms. The summed E-state index contributed by atoms with van der Waals surface area (Å²) in [5.74, 6) is -1.74. The summed E-state index contributed by atoms with van der Waals surface area (Å²) in [5.41, 5.74) is -1.95. The molecule has 1 heterocycles. The molecular weight excluding hydrogens is 425 g/mol. The number of esters is 2. The second-order valence-corrected chi connectivity index (χ2v) is 7.14. The van der Waals surface area contributed by atoms with Crippen molar-refractivity contribution in [3.63, 3.8) is 0 Å². The van der Waals surface area contributed by atoms with E-state index in [1.54, 1.807) is 44.2 Å². The van der Waals surface area contributed by atoms with Gasteiger partial charge < -0.3 is 14.2 Å². The van der Waals surface area contributed by atoms with Gasteiger partial charge in [-0.25, -0.2) is 0 Å². The molecule has 1 aliphatic rings. The van der Waals surface area contributed by atoms with E-state index in [4.69, 9.17) is 14.2 Å². The van der Waals surface area contributed by atoms with Gasteiger partial charge in [0, 0.05) is 0 Å². The van der Waals surface area contributed by atoms with Crippen LogP contribution >= 0.6 is 0 Å². The van der Waals surface area contributed by atoms with Gasteiger partial charge in [-0.1, -0.05) is 48.5 Å². The Bertz CT molecular complexity index is 980. The van der Waals surface area contributed by atoms with Crippen LogP contribution in [0.2, 0.25) is 0 Å². The Morgan fingerprint density at radius 2 is 1.66 bits per heavy atom. The van der Waals surface area contributed by atoms with Gasteiger partial charge in [-0.3, -0.25) is 9.59 Å². The number of alkyl halides is 3. The van der Waals surface area contributed by atoms with Crippen molar-refractivity contribution in [1.29, 1.82) is 0 Å². The van der Waals surface area contributed by atoms with Gasteiger partial charge in [0.1, 0.15) is 6.10 Å². The topological polar surface area (TPSA) is 61.8 Å². The lowest BCUT2D eigenvalue weighted by molar-refractivity contribution is -0.174. The summed E-state index contributed by atoms with van der Waals surface area (Å²) in [6.07, 6.45) is -4.22. The molecule has 1 saturated heterocycles. The van der Waals surface area contributed by atoms with E-state index in [0.717, 1.165) is 12.1 Å². The summed E-state index contributed by atoms with van der Waals surface area (Å²) in [4.78, 5) is 26.5. The quantitative estimate of drug-likeness (QED) is 0.461. The highest BCUT2D eigenvalue weighted by molar-refractivity contribution is 6.06. The summed E-state index contributed by atoms with van der Waals surface area (Å²) in [6.45, 7) is 3.03. The zero-order chi connectivity index (χ0) is 23.4. The second-order valence-electron chi connectivity index (χ2n) is 7.14. The average Bonchev–Trinajstić information content (AvgIpc) is 3.14. The number of carbonyl (C=O) groups excluding carboxylic acids is 2. The summed E-state index contributed by atoms with van der Waals surface area (Å²) in [7, 11) is 0. The molecule has 2 aromatic rings. The van der Waals surface area contributed by atoms with Gasteiger partial charge in [0.2, 0.25) is 5.41 Å². The molecule has 170 valence electrons. The number of hydrogen-bond donors (Lipinski definition) is 0. The van der Waals surface area contributed by atoms with Crippen LogP contribution in [0.1, 0.15) is 36.6 Å². The molecule has 1 aliphatic heterocycles. The fraction of sp³-hybridized carbons (Fsp3) is 0.333. The van der Waals surface area contributed by atoms with Crippen molar-refractivity contribution < 1.29 is 37.0 Å². The van der Waals surface area contributed by atoms with Crippen LogP contribution in [0, 0.1) is 5.41 Å². The summed E-state index contributed by atoms with van der Waals surface area (Å²) < 4.78 is 55.9. The first kappa shape index (κ1) is 23.5. The maximum Gasteiger partial charge on any atom is 0.416 e. The van der Waals surface area contributed by atoms with Crippen molar-refractivity contribution >= 4 is 18.0 Å². The third-order valence-electron chi connectivity index (χ3n) is 5.16. The van der Waals surface area contributed by atoms with Gasteiger partial charge in [0.05, 0.1) is 25.4 Å². The van der Waals surface area contributed by atoms with Crippen LogP contribution in [0.5, 0.6) is 0 Å². The first-order chi connectivity index (χ1) is 15.2. The number of halogens is 3. The Balaban J connectivity index is 2.20. The van der Waals surface area contributed by atoms with E-state index in [1.807, 2.05) is 0 Å². The number of benzene rings is 2. The van der Waals surface area contributed by atoms with Crippen molar-refractivity contribution in [1.82, 2.24) is 0 Å². The van der Waals surface area contributed by atoms with Crippen molar-refractivity contribution in [3.8, 4) is 0 Å². The first-order valence-corrected chi connectivity index (χ1v) is 10.1. The lowest BCUT2D eigenvalue weighted by Gasteiger charge is -2.30. The minimum absolute atomic E-state index is 0.00165. The SMILES string of the molecule is CCOC(=O)C1(C(=O)OCC)/C(=C/c2cccc(C(F)(F)F)c2)COC1c1ccccc1. The van der Waals surface area contributed by atoms with Gasteiger partial charge in [-0.2, -0.15) is 13.2 Å². The van der Waals surface area contributed by atoms with Crippen LogP contribution < -0.4 is 0 Å². The minimum Gasteiger partial charge on any atom is -0.465 e. The van der Waals surface area contributed by atoms with Crippen molar-refractivity contribution in [2.24, 2.45) is 5.41 Å². The molecule has 1 atom stereocenters. The number of hydrogen-bond acceptors (Lipinski definition) is 5. The largest absolute Gasteiger partial charge is 0.465 e. The smallest absolute Gasteiger partial charge is 0.416 e. The highest BCUT2D eigenvalue weighted by atomic mass is 19.4. The standard InChI is InChI=1S/C24H23F3O5/c1-3-30-21(28)23(22(29)31-4-2)19(15-32-20(23)17-10-6-5-7-11-17)14-16-9-8-12-18(13-16)24(25,26)27/h5-14,20H,3-4,15H2,1-2H3/b19-14+. The molecule has 0 amide bonds. The van der Waals surface area contributed by atoms with E-state index in [1.165, 1.54) is 18.2 Å². The molecular formula is C24H23F3O5. The van der Waals surface area contributed by atoms with E-state index in [-0.39, 0.29) is 31.0 Å². The lowest BCUT2D eigenvalue weighted by atomic mass is 9.74. The molecule has 0 saturated carbocycles. The van der Waals surface area contributed by atoms with Crippen LogP contribution in [-0.4, -0.2) is 31.8 Å². The highest BCUT2D eigenvalue weighted by Gasteiger charge is 2.62. The van der Waals surface area contributed by atoms with Crippen molar-refractivity contribution in [2.75, 3.05) is 19.8 Å². The van der Waals surface area contributed by atoms with Crippen molar-refractivity contribution in [2.45, 2.75) is 26.1 Å². The van der Waals surface area contributed by atoms with Crippen molar-refractivity contribution in [3.05, 3.63) is 76.9 Å². The predicted molar refractivity (Wildman–Crippen MR) is 110 cm³/mol. The molecule has 8 heteroatoms. The summed E-state index contributed by atoms with van der Waals surface area (Å²) >= 11 is 0. The Kier molecular flexibility index (Phi) is 7.03. The third-order valence-corrected chi connectivity index (χ3v) is 5.16. The molecule has 5 nitrogen and oxygen atoms in total. The van der Waals surface area contributed by atoms with E-state index in [0.29, 0.717) is 5.56 Å². The lowest BCUT2D eigenvalue weighted by Crippen LogP contribution is -2.45. The van der Waals surface area contributed by atoms with Crippen LogP contribution in [-0.2, 0) is 30.0 Å². The molecule has 0 aliphatic carbocycles. The van der Waals surface area contributed by atoms with Gasteiger partial charge in [0.15, 0.2) is 0 Å². The zero-order valence-corrected chi connectivity index (χ0v) is 17.6. The fourth-order valence-corrected chi connectivity index (χ4v) is 3.77. The van der Waals surface area contributed by atoms with Crippen LogP contribution in [0.25, 0.3) is 6.08 Å². The summed E-state index contributed by atoms with van der Waals surface area (Å²) in [5, 5.41) is 0. The molecule has 0 bridgehead atoms. The fourth-order valence-electron chi connectivity index (χ4n) is 3.77. The zero-order valence-electron chi connectivity index (χ0n) is 17.6. The monoisotopic (exact) mass is 448 g/mol. The number of ether oxygens (including phenoxy) is 3. The minimum atomic E-state index is -4.54. The Hall–Kier alpha value is -3.13. The number of rotatable bonds is 6. The molecule has 0 spiro atoms. The molecule has 0 radical (unpaired) electrons. The average molecular weight is 448 g/mol. The second kappa shape index (κ2) is 9.56. The highest BCUT2D eigenvalue weighted by Crippen LogP contribution is 2.51. The molecule has 0 aromatic heterocycles. The Morgan fingerprint density at radius 3 is 2.22 bits per heavy atom. The maximum absolute atomic E-state index is 13.3. The normalized spacial score (nSPS) is 19.0. The first-order valence-electron chi connectivity index (χ1n) is 10.1. The van der Waals surface area contributed by atoms with Gasteiger partial charge >= 0.3 is 18.1 Å². The van der Waals surface area contributed by atoms with Crippen LogP contribution in [0.15, 0.2) is 60.2 Å². The predicted octanol–water partition coefficient (Wildman–Crippen LogP) is 4.97. The Labute approximate surface area is 183 Å². The van der Waals surface area contributed by atoms with E-state index in [9.17, 15) is 22.8 Å².